The molecule has 0 aliphatic heterocycles. The van der Waals surface area contributed by atoms with Gasteiger partial charge in [0.1, 0.15) is 0 Å². The SMILES string of the molecule is O=C(CSc1cccc[n+]1[O-])NC(C1CC1)C1CC1. The van der Waals surface area contributed by atoms with Crippen LogP contribution in [0.1, 0.15) is 25.7 Å². The smallest absolute Gasteiger partial charge is 0.251 e. The molecule has 1 aromatic heterocycles. The Hall–Kier alpha value is -1.23. The number of carbonyl (C=O) groups excluding carboxylic acids is 1. The lowest BCUT2D eigenvalue weighted by atomic mass is 10.1. The van der Waals surface area contributed by atoms with Gasteiger partial charge < -0.3 is 10.5 Å². The van der Waals surface area contributed by atoms with Gasteiger partial charge in [-0.2, -0.15) is 4.73 Å². The van der Waals surface area contributed by atoms with Gasteiger partial charge in [-0.3, -0.25) is 4.79 Å². The Labute approximate surface area is 117 Å². The van der Waals surface area contributed by atoms with Gasteiger partial charge in [0.05, 0.1) is 5.75 Å². The first kappa shape index (κ1) is 12.8. The van der Waals surface area contributed by atoms with Crippen LogP contribution in [0, 0.1) is 17.0 Å². The number of carbonyl (C=O) groups is 1. The number of nitrogens with zero attached hydrogens (tertiary/aromatic N) is 1. The molecule has 5 heteroatoms. The number of pyridine rings is 1. The minimum atomic E-state index is 0.0534. The quantitative estimate of drug-likeness (QED) is 0.490. The van der Waals surface area contributed by atoms with Gasteiger partial charge in [0.25, 0.3) is 5.03 Å². The molecule has 4 nitrogen and oxygen atoms in total. The summed E-state index contributed by atoms with van der Waals surface area (Å²) in [5.74, 6) is 1.80. The van der Waals surface area contributed by atoms with E-state index < -0.39 is 0 Å². The molecule has 0 aromatic carbocycles. The van der Waals surface area contributed by atoms with E-state index in [-0.39, 0.29) is 5.91 Å². The van der Waals surface area contributed by atoms with Crippen LogP contribution in [-0.4, -0.2) is 17.7 Å². The van der Waals surface area contributed by atoms with E-state index in [1.54, 1.807) is 12.1 Å². The van der Waals surface area contributed by atoms with Crippen LogP contribution in [0.15, 0.2) is 29.4 Å². The molecule has 0 radical (unpaired) electrons. The minimum Gasteiger partial charge on any atom is -0.618 e. The summed E-state index contributed by atoms with van der Waals surface area (Å²) < 4.78 is 0.803. The lowest BCUT2D eigenvalue weighted by Crippen LogP contribution is -2.39. The zero-order valence-corrected chi connectivity index (χ0v) is 11.6. The summed E-state index contributed by atoms with van der Waals surface area (Å²) in [7, 11) is 0. The highest BCUT2D eigenvalue weighted by atomic mass is 32.2. The predicted molar refractivity (Wildman–Crippen MR) is 73.5 cm³/mol. The number of amides is 1. The number of thioether (sulfide) groups is 1. The van der Waals surface area contributed by atoms with E-state index in [1.807, 2.05) is 6.07 Å². The van der Waals surface area contributed by atoms with E-state index in [2.05, 4.69) is 5.32 Å². The molecule has 1 amide bonds. The van der Waals surface area contributed by atoms with Gasteiger partial charge in [-0.1, -0.05) is 0 Å². The average molecular weight is 278 g/mol. The van der Waals surface area contributed by atoms with Crippen LogP contribution in [0.4, 0.5) is 0 Å². The second kappa shape index (κ2) is 5.41. The molecule has 2 fully saturated rings. The van der Waals surface area contributed by atoms with Gasteiger partial charge in [0.2, 0.25) is 5.91 Å². The largest absolute Gasteiger partial charge is 0.618 e. The van der Waals surface area contributed by atoms with Gasteiger partial charge in [-0.15, -0.1) is 0 Å². The number of hydrogen-bond donors (Lipinski definition) is 1. The van der Waals surface area contributed by atoms with Crippen LogP contribution in [-0.2, 0) is 4.79 Å². The van der Waals surface area contributed by atoms with E-state index >= 15 is 0 Å². The van der Waals surface area contributed by atoms with E-state index in [0.29, 0.717) is 28.7 Å². The summed E-state index contributed by atoms with van der Waals surface area (Å²) in [6.07, 6.45) is 6.49. The third-order valence-corrected chi connectivity index (χ3v) is 4.75. The van der Waals surface area contributed by atoms with Gasteiger partial charge >= 0.3 is 0 Å². The zero-order valence-electron chi connectivity index (χ0n) is 10.7. The third-order valence-electron chi connectivity index (χ3n) is 3.73. The van der Waals surface area contributed by atoms with Crippen molar-refractivity contribution in [3.63, 3.8) is 0 Å². The van der Waals surface area contributed by atoms with Crippen LogP contribution < -0.4 is 10.0 Å². The van der Waals surface area contributed by atoms with Crippen molar-refractivity contribution in [3.8, 4) is 0 Å². The van der Waals surface area contributed by atoms with E-state index in [9.17, 15) is 10.0 Å². The van der Waals surface area contributed by atoms with Gasteiger partial charge in [-0.05, 0) is 55.3 Å². The molecule has 1 heterocycles. The van der Waals surface area contributed by atoms with Crippen molar-refractivity contribution in [2.45, 2.75) is 36.8 Å². The number of aromatic nitrogens is 1. The van der Waals surface area contributed by atoms with Crippen molar-refractivity contribution in [2.24, 2.45) is 11.8 Å². The summed E-state index contributed by atoms with van der Waals surface area (Å²) >= 11 is 1.30. The average Bonchev–Trinajstić information content (AvgIpc) is 3.28. The van der Waals surface area contributed by atoms with Crippen molar-refractivity contribution in [1.82, 2.24) is 5.32 Å². The number of nitrogens with one attached hydrogen (secondary N) is 1. The van der Waals surface area contributed by atoms with Crippen LogP contribution >= 0.6 is 11.8 Å². The van der Waals surface area contributed by atoms with Crippen LogP contribution in [0.25, 0.3) is 0 Å². The fraction of sp³-hybridized carbons (Fsp3) is 0.571. The van der Waals surface area contributed by atoms with Gasteiger partial charge in [0.15, 0.2) is 6.20 Å². The zero-order chi connectivity index (χ0) is 13.2. The molecule has 3 rings (SSSR count). The molecule has 0 saturated heterocycles. The summed E-state index contributed by atoms with van der Waals surface area (Å²) in [6, 6.07) is 5.63. The highest BCUT2D eigenvalue weighted by molar-refractivity contribution is 7.99. The maximum atomic E-state index is 12.0. The van der Waals surface area contributed by atoms with E-state index in [0.717, 1.165) is 4.73 Å². The molecular formula is C14H18N2O2S. The van der Waals surface area contributed by atoms with Crippen molar-refractivity contribution in [3.05, 3.63) is 29.6 Å². The Kier molecular flexibility index (Phi) is 3.64. The maximum Gasteiger partial charge on any atom is 0.251 e. The normalized spacial score (nSPS) is 18.6. The Morgan fingerprint density at radius 1 is 1.37 bits per heavy atom. The second-order valence-corrected chi connectivity index (χ2v) is 6.42. The first-order valence-electron chi connectivity index (χ1n) is 6.84. The Bertz CT molecular complexity index is 460. The Balaban J connectivity index is 1.49. The fourth-order valence-corrected chi connectivity index (χ4v) is 3.15. The Morgan fingerprint density at radius 3 is 2.63 bits per heavy atom. The van der Waals surface area contributed by atoms with Crippen molar-refractivity contribution >= 4 is 17.7 Å². The second-order valence-electron chi connectivity index (χ2n) is 5.42. The molecule has 2 aliphatic carbocycles. The molecule has 2 saturated carbocycles. The Morgan fingerprint density at radius 2 is 2.05 bits per heavy atom. The highest BCUT2D eigenvalue weighted by Crippen LogP contribution is 2.44. The molecule has 102 valence electrons. The summed E-state index contributed by atoms with van der Waals surface area (Å²) in [6.45, 7) is 0. The summed E-state index contributed by atoms with van der Waals surface area (Å²) in [5, 5.41) is 15.2. The van der Waals surface area contributed by atoms with Crippen molar-refractivity contribution < 1.29 is 9.52 Å². The number of hydrogen-bond acceptors (Lipinski definition) is 3. The molecule has 0 atom stereocenters. The molecule has 2 aliphatic rings. The molecule has 1 N–H and O–H groups in total. The molecule has 1 aromatic rings. The van der Waals surface area contributed by atoms with Crippen LogP contribution in [0.5, 0.6) is 0 Å². The third kappa shape index (κ3) is 3.41. The molecule has 0 bridgehead atoms. The summed E-state index contributed by atoms with van der Waals surface area (Å²) in [4.78, 5) is 12.0. The first-order chi connectivity index (χ1) is 9.24. The molecular weight excluding hydrogens is 260 g/mol. The fourth-order valence-electron chi connectivity index (χ4n) is 2.42. The monoisotopic (exact) mass is 278 g/mol. The van der Waals surface area contributed by atoms with E-state index in [4.69, 9.17) is 0 Å². The topological polar surface area (TPSA) is 56.0 Å². The van der Waals surface area contributed by atoms with E-state index in [1.165, 1.54) is 43.6 Å². The van der Waals surface area contributed by atoms with Crippen LogP contribution in [0.3, 0.4) is 0 Å². The highest BCUT2D eigenvalue weighted by Gasteiger charge is 2.42. The lowest BCUT2D eigenvalue weighted by Gasteiger charge is -2.17. The molecule has 19 heavy (non-hydrogen) atoms. The molecule has 0 spiro atoms. The van der Waals surface area contributed by atoms with Crippen molar-refractivity contribution in [1.29, 1.82) is 0 Å². The molecule has 0 unspecified atom stereocenters. The lowest BCUT2D eigenvalue weighted by molar-refractivity contribution is -0.645. The summed E-state index contributed by atoms with van der Waals surface area (Å²) in [5.41, 5.74) is 0. The van der Waals surface area contributed by atoms with Gasteiger partial charge in [0, 0.05) is 18.2 Å². The van der Waals surface area contributed by atoms with Crippen LogP contribution in [0.2, 0.25) is 0 Å². The maximum absolute atomic E-state index is 12.0. The predicted octanol–water partition coefficient (Wildman–Crippen LogP) is 1.72. The minimum absolute atomic E-state index is 0.0534. The number of rotatable bonds is 6. The van der Waals surface area contributed by atoms with Crippen molar-refractivity contribution in [2.75, 3.05) is 5.75 Å². The first-order valence-corrected chi connectivity index (χ1v) is 7.83. The van der Waals surface area contributed by atoms with Gasteiger partial charge in [-0.25, -0.2) is 0 Å². The standard InChI is InChI=1S/C14H18N2O2S/c17-12(9-19-13-3-1-2-8-16(13)18)15-14(10-4-5-10)11-6-7-11/h1-3,8,10-11,14H,4-7,9H2,(H,15,17).